The van der Waals surface area contributed by atoms with Crippen LogP contribution in [0.2, 0.25) is 0 Å². The molecule has 1 atom stereocenters. The lowest BCUT2D eigenvalue weighted by molar-refractivity contribution is -0.167. The predicted octanol–water partition coefficient (Wildman–Crippen LogP) is 24.5. The van der Waals surface area contributed by atoms with Gasteiger partial charge in [0.05, 0.1) is 0 Å². The van der Waals surface area contributed by atoms with Gasteiger partial charge in [-0.15, -0.1) is 0 Å². The molecule has 1 unspecified atom stereocenters. The number of esters is 3. The molecule has 6 nitrogen and oxygen atoms in total. The van der Waals surface area contributed by atoms with Crippen LogP contribution in [0.5, 0.6) is 0 Å². The van der Waals surface area contributed by atoms with Crippen molar-refractivity contribution in [2.45, 2.75) is 393 Å². The van der Waals surface area contributed by atoms with E-state index in [0.29, 0.717) is 19.3 Å². The maximum absolute atomic E-state index is 12.9. The first-order valence-electron chi connectivity index (χ1n) is 35.6. The van der Waals surface area contributed by atoms with E-state index >= 15 is 0 Å². The van der Waals surface area contributed by atoms with Gasteiger partial charge in [-0.05, 0) is 83.5 Å². The minimum Gasteiger partial charge on any atom is -0.462 e. The van der Waals surface area contributed by atoms with E-state index in [-0.39, 0.29) is 31.1 Å². The van der Waals surface area contributed by atoms with Gasteiger partial charge in [-0.25, -0.2) is 0 Å². The minimum absolute atomic E-state index is 0.0687. The van der Waals surface area contributed by atoms with Crippen LogP contribution in [0.1, 0.15) is 387 Å². The standard InChI is InChI=1S/C74H136O6/c1-4-7-10-13-16-19-21-23-25-27-29-31-33-35-36-37-38-40-41-43-45-47-49-51-53-55-58-61-64-67-73(76)79-70-71(69-78-72(75)66-63-60-57-18-15-12-9-6-3)80-74(77)68-65-62-59-56-54-52-50-48-46-44-42-39-34-32-30-28-26-24-22-20-17-14-11-8-5-2/h21,23,27-30,33,35,71H,4-20,22,24-26,31-32,34,36-70H2,1-3H3/b23-21-,29-27-,30-28-,35-33-. The molecule has 0 aliphatic rings. The molecule has 0 aromatic heterocycles. The molecule has 0 aromatic carbocycles. The second-order valence-corrected chi connectivity index (χ2v) is 24.1. The van der Waals surface area contributed by atoms with Crippen molar-refractivity contribution < 1.29 is 28.6 Å². The number of ether oxygens (including phenoxy) is 3. The summed E-state index contributed by atoms with van der Waals surface area (Å²) in [5.41, 5.74) is 0. The van der Waals surface area contributed by atoms with E-state index in [9.17, 15) is 14.4 Å². The van der Waals surface area contributed by atoms with Gasteiger partial charge in [-0.3, -0.25) is 14.4 Å². The summed E-state index contributed by atoms with van der Waals surface area (Å²) in [5.74, 6) is -0.850. The van der Waals surface area contributed by atoms with Crippen molar-refractivity contribution in [3.8, 4) is 0 Å². The molecule has 0 aliphatic carbocycles. The van der Waals surface area contributed by atoms with Crippen molar-refractivity contribution in [1.29, 1.82) is 0 Å². The molecule has 6 heteroatoms. The largest absolute Gasteiger partial charge is 0.462 e. The molecule has 0 heterocycles. The molecule has 0 saturated carbocycles. The summed E-state index contributed by atoms with van der Waals surface area (Å²) >= 11 is 0. The van der Waals surface area contributed by atoms with Gasteiger partial charge in [0.2, 0.25) is 0 Å². The molecule has 0 rings (SSSR count). The zero-order valence-corrected chi connectivity index (χ0v) is 53.9. The number of carbonyl (C=O) groups excluding carboxylic acids is 3. The third-order valence-electron chi connectivity index (χ3n) is 16.1. The Morgan fingerprint density at radius 1 is 0.250 bits per heavy atom. The van der Waals surface area contributed by atoms with Crippen molar-refractivity contribution in [1.82, 2.24) is 0 Å². The number of hydrogen-bond donors (Lipinski definition) is 0. The molecule has 0 bridgehead atoms. The van der Waals surface area contributed by atoms with Crippen LogP contribution in [-0.2, 0) is 28.6 Å². The van der Waals surface area contributed by atoms with Crippen molar-refractivity contribution in [3.05, 3.63) is 48.6 Å². The summed E-state index contributed by atoms with van der Waals surface area (Å²) in [6, 6.07) is 0. The van der Waals surface area contributed by atoms with Crippen LogP contribution in [0.15, 0.2) is 48.6 Å². The molecular formula is C74H136O6. The van der Waals surface area contributed by atoms with Gasteiger partial charge in [-0.2, -0.15) is 0 Å². The average Bonchev–Trinajstić information content (AvgIpc) is 3.46. The molecule has 0 spiro atoms. The molecule has 0 saturated heterocycles. The van der Waals surface area contributed by atoms with Crippen LogP contribution in [0.25, 0.3) is 0 Å². The Balaban J connectivity index is 4.08. The fourth-order valence-electron chi connectivity index (χ4n) is 10.7. The number of rotatable bonds is 66. The molecular weight excluding hydrogens is 985 g/mol. The first-order valence-corrected chi connectivity index (χ1v) is 35.6. The number of unbranched alkanes of at least 4 members (excludes halogenated alkanes) is 47. The highest BCUT2D eigenvalue weighted by atomic mass is 16.6. The maximum Gasteiger partial charge on any atom is 0.306 e. The van der Waals surface area contributed by atoms with E-state index in [1.54, 1.807) is 0 Å². The zero-order chi connectivity index (χ0) is 57.8. The van der Waals surface area contributed by atoms with Crippen molar-refractivity contribution in [2.75, 3.05) is 13.2 Å². The molecule has 0 fully saturated rings. The van der Waals surface area contributed by atoms with Crippen LogP contribution in [0.3, 0.4) is 0 Å². The average molecular weight is 1120 g/mol. The fraction of sp³-hybridized carbons (Fsp3) is 0.851. The lowest BCUT2D eigenvalue weighted by Gasteiger charge is -2.18. The third kappa shape index (κ3) is 66.2. The molecule has 0 aromatic rings. The highest BCUT2D eigenvalue weighted by molar-refractivity contribution is 5.71. The van der Waals surface area contributed by atoms with Gasteiger partial charge in [0, 0.05) is 19.3 Å². The minimum atomic E-state index is -0.770. The number of carbonyl (C=O) groups is 3. The van der Waals surface area contributed by atoms with Gasteiger partial charge in [0.25, 0.3) is 0 Å². The molecule has 80 heavy (non-hydrogen) atoms. The second kappa shape index (κ2) is 68.9. The van der Waals surface area contributed by atoms with Crippen molar-refractivity contribution in [2.24, 2.45) is 0 Å². The van der Waals surface area contributed by atoms with Gasteiger partial charge >= 0.3 is 17.9 Å². The third-order valence-corrected chi connectivity index (χ3v) is 16.1. The number of hydrogen-bond acceptors (Lipinski definition) is 6. The highest BCUT2D eigenvalue weighted by Crippen LogP contribution is 2.18. The quantitative estimate of drug-likeness (QED) is 0.0261. The SMILES string of the molecule is CCCCCCC/C=C\C/C=C\C/C=C\CCCCCCCCCCCCCCCCC(=O)OCC(COC(=O)CCCCCCCCCC)OC(=O)CCCCCCCCCCCCCCC/C=C\CCCCCCCCCC. The smallest absolute Gasteiger partial charge is 0.306 e. The Bertz CT molecular complexity index is 1380. The Hall–Kier alpha value is -2.63. The van der Waals surface area contributed by atoms with Crippen LogP contribution in [-0.4, -0.2) is 37.2 Å². The summed E-state index contributed by atoms with van der Waals surface area (Å²) < 4.78 is 16.9. The lowest BCUT2D eigenvalue weighted by atomic mass is 10.0. The van der Waals surface area contributed by atoms with E-state index in [1.807, 2.05) is 0 Å². The summed E-state index contributed by atoms with van der Waals surface area (Å²) in [4.78, 5) is 38.2. The highest BCUT2D eigenvalue weighted by Gasteiger charge is 2.19. The summed E-state index contributed by atoms with van der Waals surface area (Å²) in [6.07, 6.45) is 87.4. The first-order chi connectivity index (χ1) is 39.5. The Morgan fingerprint density at radius 3 is 0.713 bits per heavy atom. The monoisotopic (exact) mass is 1120 g/mol. The molecule has 0 amide bonds. The van der Waals surface area contributed by atoms with Gasteiger partial charge < -0.3 is 14.2 Å². The van der Waals surface area contributed by atoms with Gasteiger partial charge in [0.1, 0.15) is 13.2 Å². The Labute approximate surface area is 498 Å². The van der Waals surface area contributed by atoms with Crippen LogP contribution in [0.4, 0.5) is 0 Å². The maximum atomic E-state index is 12.9. The molecule has 0 aliphatic heterocycles. The first kappa shape index (κ1) is 77.4. The number of allylic oxidation sites excluding steroid dienone is 8. The lowest BCUT2D eigenvalue weighted by Crippen LogP contribution is -2.30. The summed E-state index contributed by atoms with van der Waals surface area (Å²) in [7, 11) is 0. The Kier molecular flexibility index (Phi) is 66.6. The summed E-state index contributed by atoms with van der Waals surface area (Å²) in [5, 5.41) is 0. The molecule has 468 valence electrons. The van der Waals surface area contributed by atoms with Gasteiger partial charge in [0.15, 0.2) is 6.10 Å². The zero-order valence-electron chi connectivity index (χ0n) is 53.9. The summed E-state index contributed by atoms with van der Waals surface area (Å²) in [6.45, 7) is 6.66. The van der Waals surface area contributed by atoms with Crippen molar-refractivity contribution in [3.63, 3.8) is 0 Å². The second-order valence-electron chi connectivity index (χ2n) is 24.1. The van der Waals surface area contributed by atoms with Crippen molar-refractivity contribution >= 4 is 17.9 Å². The Morgan fingerprint density at radius 2 is 0.450 bits per heavy atom. The van der Waals surface area contributed by atoms with E-state index in [2.05, 4.69) is 69.4 Å². The van der Waals surface area contributed by atoms with Gasteiger partial charge in [-0.1, -0.05) is 333 Å². The van der Waals surface area contributed by atoms with E-state index in [1.165, 1.54) is 276 Å². The predicted molar refractivity (Wildman–Crippen MR) is 349 cm³/mol. The van der Waals surface area contributed by atoms with Crippen LogP contribution in [0, 0.1) is 0 Å². The van der Waals surface area contributed by atoms with Crippen LogP contribution >= 0.6 is 0 Å². The van der Waals surface area contributed by atoms with E-state index < -0.39 is 6.10 Å². The molecule has 0 radical (unpaired) electrons. The normalized spacial score (nSPS) is 12.3. The molecule has 0 N–H and O–H groups in total. The topological polar surface area (TPSA) is 78.9 Å². The fourth-order valence-corrected chi connectivity index (χ4v) is 10.7. The van der Waals surface area contributed by atoms with Crippen LogP contribution < -0.4 is 0 Å². The van der Waals surface area contributed by atoms with E-state index in [0.717, 1.165) is 70.6 Å². The van der Waals surface area contributed by atoms with E-state index in [4.69, 9.17) is 14.2 Å².